The van der Waals surface area contributed by atoms with Crippen molar-refractivity contribution in [3.05, 3.63) is 58.7 Å². The number of hydrogen-bond acceptors (Lipinski definition) is 8. The molecule has 8 nitrogen and oxygen atoms in total. The van der Waals surface area contributed by atoms with Gasteiger partial charge in [-0.05, 0) is 54.5 Å². The minimum absolute atomic E-state index is 0.0511. The highest BCUT2D eigenvalue weighted by Gasteiger charge is 2.43. The van der Waals surface area contributed by atoms with Gasteiger partial charge in [0, 0.05) is 43.0 Å². The standard InChI is InChI=1S/C28H30N2O6/c1-6-28(7-2)24-16-20(25(33)12-9-15-29-35-18(4)31)13-14-21(24)22-10-8-11-23(26(22)28)27(34)17(3)30-36-19(5)32/h8,10-11,13-16H,6-7,9,12H2,1-5H3. The van der Waals surface area contributed by atoms with E-state index >= 15 is 0 Å². The highest BCUT2D eigenvalue weighted by atomic mass is 16.7. The van der Waals surface area contributed by atoms with E-state index in [1.165, 1.54) is 27.0 Å². The fraction of sp³-hybridized carbons (Fsp3) is 0.357. The SMILES string of the molecule is CCC1(CC)c2cc(C(=O)CCC=NOC(C)=O)ccc2-c2cccc(C(=O)C(C)=NOC(C)=O)c21. The van der Waals surface area contributed by atoms with Crippen LogP contribution in [0.3, 0.4) is 0 Å². The quantitative estimate of drug-likeness (QED) is 0.191. The van der Waals surface area contributed by atoms with Crippen LogP contribution < -0.4 is 0 Å². The second kappa shape index (κ2) is 11.2. The van der Waals surface area contributed by atoms with Crippen molar-refractivity contribution in [1.29, 1.82) is 0 Å². The number of fused-ring (bicyclic) bond motifs is 3. The van der Waals surface area contributed by atoms with E-state index in [-0.39, 0.29) is 23.7 Å². The van der Waals surface area contributed by atoms with E-state index in [0.29, 0.717) is 17.5 Å². The van der Waals surface area contributed by atoms with Crippen LogP contribution in [0.25, 0.3) is 11.1 Å². The van der Waals surface area contributed by atoms with E-state index in [9.17, 15) is 19.2 Å². The second-order valence-electron chi connectivity index (χ2n) is 8.70. The normalized spacial score (nSPS) is 13.8. The van der Waals surface area contributed by atoms with Gasteiger partial charge in [-0.2, -0.15) is 0 Å². The number of Topliss-reactive ketones (excluding diaryl/α,β-unsaturated/α-hetero) is 2. The molecule has 0 amide bonds. The Hall–Kier alpha value is -3.94. The molecule has 8 heteroatoms. The van der Waals surface area contributed by atoms with Crippen molar-refractivity contribution in [3.63, 3.8) is 0 Å². The molecule has 1 aliphatic rings. The first-order valence-electron chi connectivity index (χ1n) is 11.9. The summed E-state index contributed by atoms with van der Waals surface area (Å²) in [6.45, 7) is 8.15. The molecule has 0 heterocycles. The molecule has 1 aliphatic carbocycles. The molecule has 0 aromatic heterocycles. The van der Waals surface area contributed by atoms with E-state index in [0.717, 1.165) is 35.1 Å². The van der Waals surface area contributed by atoms with Crippen molar-refractivity contribution < 1.29 is 28.9 Å². The van der Waals surface area contributed by atoms with Gasteiger partial charge in [0.2, 0.25) is 5.78 Å². The van der Waals surface area contributed by atoms with Crippen LogP contribution in [0.1, 0.15) is 92.1 Å². The van der Waals surface area contributed by atoms with Gasteiger partial charge in [0.05, 0.1) is 0 Å². The number of rotatable bonds is 10. The van der Waals surface area contributed by atoms with E-state index in [4.69, 9.17) is 4.84 Å². The third-order valence-electron chi connectivity index (χ3n) is 6.54. The lowest BCUT2D eigenvalue weighted by Gasteiger charge is -2.31. The molecule has 0 unspecified atom stereocenters. The van der Waals surface area contributed by atoms with Gasteiger partial charge < -0.3 is 9.68 Å². The summed E-state index contributed by atoms with van der Waals surface area (Å²) >= 11 is 0. The maximum atomic E-state index is 13.4. The zero-order valence-corrected chi connectivity index (χ0v) is 21.2. The van der Waals surface area contributed by atoms with Crippen LogP contribution in [-0.4, -0.2) is 35.4 Å². The topological polar surface area (TPSA) is 111 Å². The van der Waals surface area contributed by atoms with Crippen LogP contribution in [0.5, 0.6) is 0 Å². The summed E-state index contributed by atoms with van der Waals surface area (Å²) in [7, 11) is 0. The third kappa shape index (κ3) is 5.17. The van der Waals surface area contributed by atoms with Gasteiger partial charge in [0.25, 0.3) is 0 Å². The molecule has 0 fully saturated rings. The highest BCUT2D eigenvalue weighted by Crippen LogP contribution is 2.54. The molecule has 2 aromatic carbocycles. The largest absolute Gasteiger partial charge is 0.331 e. The molecule has 0 spiro atoms. The Morgan fingerprint density at radius 1 is 0.917 bits per heavy atom. The second-order valence-corrected chi connectivity index (χ2v) is 8.70. The van der Waals surface area contributed by atoms with Crippen LogP contribution >= 0.6 is 0 Å². The minimum Gasteiger partial charge on any atom is -0.319 e. The average Bonchev–Trinajstić information content (AvgIpc) is 3.15. The maximum Gasteiger partial charge on any atom is 0.331 e. The van der Waals surface area contributed by atoms with Crippen molar-refractivity contribution >= 4 is 35.4 Å². The molecule has 0 saturated heterocycles. The lowest BCUT2D eigenvalue weighted by molar-refractivity contribution is -0.141. The van der Waals surface area contributed by atoms with Crippen LogP contribution in [-0.2, 0) is 24.7 Å². The monoisotopic (exact) mass is 490 g/mol. The molecule has 0 bridgehead atoms. The van der Waals surface area contributed by atoms with Gasteiger partial charge in [0.1, 0.15) is 5.71 Å². The Labute approximate surface area is 210 Å². The molecule has 0 atom stereocenters. The average molecular weight is 491 g/mol. The Balaban J connectivity index is 2.01. The lowest BCUT2D eigenvalue weighted by atomic mass is 9.71. The van der Waals surface area contributed by atoms with E-state index in [1.54, 1.807) is 12.1 Å². The Kier molecular flexibility index (Phi) is 8.29. The van der Waals surface area contributed by atoms with Gasteiger partial charge >= 0.3 is 11.9 Å². The number of ketones is 2. The van der Waals surface area contributed by atoms with Crippen molar-refractivity contribution in [2.45, 2.75) is 65.7 Å². The van der Waals surface area contributed by atoms with Crippen molar-refractivity contribution in [3.8, 4) is 11.1 Å². The van der Waals surface area contributed by atoms with Crippen molar-refractivity contribution in [2.75, 3.05) is 0 Å². The number of nitrogens with zero attached hydrogens (tertiary/aromatic N) is 2. The summed E-state index contributed by atoms with van der Waals surface area (Å²) in [5.74, 6) is -1.48. The fourth-order valence-electron chi connectivity index (χ4n) is 4.82. The Bertz CT molecular complexity index is 1270. The summed E-state index contributed by atoms with van der Waals surface area (Å²) in [6, 6.07) is 11.3. The predicted octanol–water partition coefficient (Wildman–Crippen LogP) is 5.41. The summed E-state index contributed by atoms with van der Waals surface area (Å²) in [5, 5.41) is 7.24. The zero-order valence-electron chi connectivity index (χ0n) is 21.2. The number of benzene rings is 2. The van der Waals surface area contributed by atoms with E-state index < -0.39 is 17.4 Å². The number of oxime groups is 2. The summed E-state index contributed by atoms with van der Waals surface area (Å²) < 4.78 is 0. The summed E-state index contributed by atoms with van der Waals surface area (Å²) in [4.78, 5) is 57.4. The van der Waals surface area contributed by atoms with E-state index in [2.05, 4.69) is 29.0 Å². The molecule has 36 heavy (non-hydrogen) atoms. The highest BCUT2D eigenvalue weighted by molar-refractivity contribution is 6.45. The smallest absolute Gasteiger partial charge is 0.319 e. The van der Waals surface area contributed by atoms with Crippen LogP contribution in [0.2, 0.25) is 0 Å². The number of hydrogen-bond donors (Lipinski definition) is 0. The first-order valence-corrected chi connectivity index (χ1v) is 11.9. The van der Waals surface area contributed by atoms with Gasteiger partial charge in [-0.3, -0.25) is 9.59 Å². The first-order chi connectivity index (χ1) is 17.2. The van der Waals surface area contributed by atoms with Crippen molar-refractivity contribution in [2.24, 2.45) is 10.3 Å². The Morgan fingerprint density at radius 3 is 2.25 bits per heavy atom. The molecule has 3 rings (SSSR count). The molecule has 0 saturated carbocycles. The fourth-order valence-corrected chi connectivity index (χ4v) is 4.82. The van der Waals surface area contributed by atoms with Crippen LogP contribution in [0.4, 0.5) is 0 Å². The van der Waals surface area contributed by atoms with Crippen LogP contribution in [0.15, 0.2) is 46.7 Å². The van der Waals surface area contributed by atoms with Crippen molar-refractivity contribution in [1.82, 2.24) is 0 Å². The molecular weight excluding hydrogens is 460 g/mol. The maximum absolute atomic E-state index is 13.4. The molecule has 0 aliphatic heterocycles. The molecular formula is C28H30N2O6. The molecule has 0 N–H and O–H groups in total. The van der Waals surface area contributed by atoms with Gasteiger partial charge in [-0.1, -0.05) is 54.5 Å². The lowest BCUT2D eigenvalue weighted by Crippen LogP contribution is -2.27. The summed E-state index contributed by atoms with van der Waals surface area (Å²) in [5.41, 5.74) is 4.57. The number of carbonyl (C=O) groups excluding carboxylic acids is 4. The molecule has 0 radical (unpaired) electrons. The zero-order chi connectivity index (χ0) is 26.5. The van der Waals surface area contributed by atoms with Gasteiger partial charge in [-0.25, -0.2) is 9.59 Å². The minimum atomic E-state index is -0.598. The van der Waals surface area contributed by atoms with Gasteiger partial charge in [0.15, 0.2) is 5.78 Å². The molecule has 2 aromatic rings. The molecule has 188 valence electrons. The summed E-state index contributed by atoms with van der Waals surface area (Å²) in [6.07, 6.45) is 3.41. The van der Waals surface area contributed by atoms with E-state index in [1.807, 2.05) is 24.3 Å². The van der Waals surface area contributed by atoms with Gasteiger partial charge in [-0.15, -0.1) is 0 Å². The first kappa shape index (κ1) is 26.7. The van der Waals surface area contributed by atoms with Crippen LogP contribution in [0, 0.1) is 0 Å². The number of carbonyl (C=O) groups is 4. The predicted molar refractivity (Wildman–Crippen MR) is 136 cm³/mol. The Morgan fingerprint density at radius 2 is 1.61 bits per heavy atom. The third-order valence-corrected chi connectivity index (χ3v) is 6.54.